The zero-order valence-corrected chi connectivity index (χ0v) is 16.1. The predicted molar refractivity (Wildman–Crippen MR) is 108 cm³/mol. The first-order valence-electron chi connectivity index (χ1n) is 8.94. The number of nitrogens with one attached hydrogen (secondary N) is 1. The second-order valence-electron chi connectivity index (χ2n) is 6.57. The fourth-order valence-corrected chi connectivity index (χ4v) is 3.35. The second-order valence-corrected chi connectivity index (χ2v) is 7.00. The number of benzene rings is 1. The van der Waals surface area contributed by atoms with Crippen LogP contribution in [0.3, 0.4) is 0 Å². The minimum atomic E-state index is 0.720. The van der Waals surface area contributed by atoms with Crippen LogP contribution in [0.5, 0.6) is 0 Å². The lowest BCUT2D eigenvalue weighted by Crippen LogP contribution is -2.10. The van der Waals surface area contributed by atoms with Crippen molar-refractivity contribution in [1.82, 2.24) is 24.1 Å². The summed E-state index contributed by atoms with van der Waals surface area (Å²) in [7, 11) is 0. The van der Waals surface area contributed by atoms with E-state index in [9.17, 15) is 0 Å². The Morgan fingerprint density at radius 2 is 1.96 bits per heavy atom. The van der Waals surface area contributed by atoms with Gasteiger partial charge in [0, 0.05) is 47.8 Å². The quantitative estimate of drug-likeness (QED) is 0.505. The SMILES string of the molecule is Cc1cc(NCCCn2ccnc2)n2nc(C)c(-c3ccc(Cl)cc3)c2n1. The van der Waals surface area contributed by atoms with Gasteiger partial charge < -0.3 is 9.88 Å². The van der Waals surface area contributed by atoms with Crippen molar-refractivity contribution in [2.45, 2.75) is 26.8 Å². The van der Waals surface area contributed by atoms with Crippen molar-refractivity contribution in [3.63, 3.8) is 0 Å². The van der Waals surface area contributed by atoms with Gasteiger partial charge in [-0.3, -0.25) is 0 Å². The average molecular weight is 381 g/mol. The molecular formula is C20H21ClN6. The van der Waals surface area contributed by atoms with Gasteiger partial charge >= 0.3 is 0 Å². The highest BCUT2D eigenvalue weighted by molar-refractivity contribution is 6.30. The second kappa shape index (κ2) is 7.40. The van der Waals surface area contributed by atoms with Crippen LogP contribution in [-0.4, -0.2) is 30.7 Å². The van der Waals surface area contributed by atoms with Gasteiger partial charge in [0.2, 0.25) is 0 Å². The van der Waals surface area contributed by atoms with Crippen LogP contribution in [-0.2, 0) is 6.54 Å². The number of rotatable bonds is 6. The van der Waals surface area contributed by atoms with E-state index in [0.717, 1.165) is 58.5 Å². The van der Waals surface area contributed by atoms with Crippen molar-refractivity contribution in [2.24, 2.45) is 0 Å². The molecule has 0 unspecified atom stereocenters. The molecule has 6 nitrogen and oxygen atoms in total. The van der Waals surface area contributed by atoms with Gasteiger partial charge in [0.1, 0.15) is 5.82 Å². The molecule has 1 N–H and O–H groups in total. The molecule has 0 fully saturated rings. The fraction of sp³-hybridized carbons (Fsp3) is 0.250. The largest absolute Gasteiger partial charge is 0.370 e. The Bertz CT molecular complexity index is 1050. The third kappa shape index (κ3) is 3.66. The maximum atomic E-state index is 6.04. The Labute approximate surface area is 162 Å². The summed E-state index contributed by atoms with van der Waals surface area (Å²) in [6, 6.07) is 9.83. The van der Waals surface area contributed by atoms with Gasteiger partial charge in [-0.15, -0.1) is 0 Å². The first-order chi connectivity index (χ1) is 13.1. The number of hydrogen-bond donors (Lipinski definition) is 1. The molecule has 7 heteroatoms. The normalized spacial score (nSPS) is 11.2. The van der Waals surface area contributed by atoms with Crippen LogP contribution < -0.4 is 5.32 Å². The van der Waals surface area contributed by atoms with E-state index in [4.69, 9.17) is 21.7 Å². The number of hydrogen-bond acceptors (Lipinski definition) is 4. The Balaban J connectivity index is 1.62. The van der Waals surface area contributed by atoms with Crippen LogP contribution in [0.15, 0.2) is 49.1 Å². The molecule has 4 rings (SSSR count). The molecule has 4 aromatic rings. The zero-order valence-electron chi connectivity index (χ0n) is 15.4. The monoisotopic (exact) mass is 380 g/mol. The highest BCUT2D eigenvalue weighted by Crippen LogP contribution is 2.30. The first-order valence-corrected chi connectivity index (χ1v) is 9.32. The van der Waals surface area contributed by atoms with Crippen molar-refractivity contribution >= 4 is 23.1 Å². The topological polar surface area (TPSA) is 60.0 Å². The molecule has 0 amide bonds. The van der Waals surface area contributed by atoms with E-state index in [-0.39, 0.29) is 0 Å². The number of imidazole rings is 1. The van der Waals surface area contributed by atoms with E-state index in [1.54, 1.807) is 6.20 Å². The van der Waals surface area contributed by atoms with Gasteiger partial charge in [0.25, 0.3) is 0 Å². The summed E-state index contributed by atoms with van der Waals surface area (Å²) in [5.74, 6) is 0.950. The van der Waals surface area contributed by atoms with E-state index in [1.165, 1.54) is 0 Å². The lowest BCUT2D eigenvalue weighted by molar-refractivity contribution is 0.659. The van der Waals surface area contributed by atoms with Crippen molar-refractivity contribution in [3.05, 3.63) is 65.5 Å². The number of fused-ring (bicyclic) bond motifs is 1. The smallest absolute Gasteiger partial charge is 0.165 e. The van der Waals surface area contributed by atoms with Crippen molar-refractivity contribution < 1.29 is 0 Å². The van der Waals surface area contributed by atoms with Gasteiger partial charge in [0.15, 0.2) is 5.65 Å². The summed E-state index contributed by atoms with van der Waals surface area (Å²) in [6.45, 7) is 5.78. The van der Waals surface area contributed by atoms with Crippen molar-refractivity contribution in [2.75, 3.05) is 11.9 Å². The molecule has 138 valence electrons. The third-order valence-corrected chi connectivity index (χ3v) is 4.74. The van der Waals surface area contributed by atoms with Gasteiger partial charge in [-0.1, -0.05) is 23.7 Å². The number of aromatic nitrogens is 5. The van der Waals surface area contributed by atoms with Crippen LogP contribution in [0.25, 0.3) is 16.8 Å². The van der Waals surface area contributed by atoms with E-state index in [2.05, 4.69) is 14.9 Å². The molecule has 3 heterocycles. The Morgan fingerprint density at radius 1 is 1.15 bits per heavy atom. The summed E-state index contributed by atoms with van der Waals surface area (Å²) in [6.07, 6.45) is 6.60. The molecule has 0 aliphatic carbocycles. The lowest BCUT2D eigenvalue weighted by Gasteiger charge is -2.10. The molecule has 0 spiro atoms. The number of nitrogens with zero attached hydrogens (tertiary/aromatic N) is 5. The number of halogens is 1. The van der Waals surface area contributed by atoms with E-state index in [0.29, 0.717) is 0 Å². The Kier molecular flexibility index (Phi) is 4.81. The van der Waals surface area contributed by atoms with Crippen LogP contribution in [0.4, 0.5) is 5.82 Å². The van der Waals surface area contributed by atoms with Crippen LogP contribution in [0, 0.1) is 13.8 Å². The zero-order chi connectivity index (χ0) is 18.8. The summed E-state index contributed by atoms with van der Waals surface area (Å²) in [5, 5.41) is 8.94. The highest BCUT2D eigenvalue weighted by atomic mass is 35.5. The molecule has 3 aromatic heterocycles. The highest BCUT2D eigenvalue weighted by Gasteiger charge is 2.15. The number of anilines is 1. The van der Waals surface area contributed by atoms with Gasteiger partial charge in [-0.25, -0.2) is 9.97 Å². The predicted octanol–water partition coefficient (Wildman–Crippen LogP) is 4.37. The Morgan fingerprint density at radius 3 is 2.70 bits per heavy atom. The summed E-state index contributed by atoms with van der Waals surface area (Å²) in [4.78, 5) is 8.81. The van der Waals surface area contributed by atoms with Crippen LogP contribution in [0.2, 0.25) is 5.02 Å². The first kappa shape index (κ1) is 17.5. The van der Waals surface area contributed by atoms with Crippen LogP contribution >= 0.6 is 11.6 Å². The molecule has 0 aliphatic heterocycles. The molecule has 27 heavy (non-hydrogen) atoms. The fourth-order valence-electron chi connectivity index (χ4n) is 3.22. The molecule has 1 aromatic carbocycles. The van der Waals surface area contributed by atoms with Gasteiger partial charge in [-0.2, -0.15) is 9.61 Å². The average Bonchev–Trinajstić information content (AvgIpc) is 3.27. The van der Waals surface area contributed by atoms with Gasteiger partial charge in [0.05, 0.1) is 12.0 Å². The van der Waals surface area contributed by atoms with E-state index >= 15 is 0 Å². The molecular weight excluding hydrogens is 360 g/mol. The maximum Gasteiger partial charge on any atom is 0.165 e. The summed E-state index contributed by atoms with van der Waals surface area (Å²) in [5.41, 5.74) is 4.85. The molecule has 0 saturated heterocycles. The summed E-state index contributed by atoms with van der Waals surface area (Å²) < 4.78 is 3.97. The molecule has 0 saturated carbocycles. The standard InChI is InChI=1S/C20H21ClN6/c1-14-12-18(23-8-3-10-26-11-9-22-13-26)27-20(24-14)19(15(2)25-27)16-4-6-17(21)7-5-16/h4-7,9,11-13,23H,3,8,10H2,1-2H3. The van der Waals surface area contributed by atoms with Gasteiger partial charge in [-0.05, 0) is 38.0 Å². The van der Waals surface area contributed by atoms with Crippen molar-refractivity contribution in [1.29, 1.82) is 0 Å². The summed E-state index contributed by atoms with van der Waals surface area (Å²) >= 11 is 6.04. The Hall–Kier alpha value is -2.86. The minimum Gasteiger partial charge on any atom is -0.370 e. The molecule has 0 radical (unpaired) electrons. The molecule has 0 aliphatic rings. The maximum absolute atomic E-state index is 6.04. The van der Waals surface area contributed by atoms with E-state index in [1.807, 2.05) is 61.2 Å². The third-order valence-electron chi connectivity index (χ3n) is 4.48. The minimum absolute atomic E-state index is 0.720. The van der Waals surface area contributed by atoms with Crippen LogP contribution in [0.1, 0.15) is 17.8 Å². The number of aryl methyl sites for hydroxylation is 3. The van der Waals surface area contributed by atoms with E-state index < -0.39 is 0 Å². The van der Waals surface area contributed by atoms with Crippen molar-refractivity contribution in [3.8, 4) is 11.1 Å². The molecule has 0 bridgehead atoms. The molecule has 0 atom stereocenters. The lowest BCUT2D eigenvalue weighted by atomic mass is 10.1.